The number of rotatable bonds is 3. The Bertz CT molecular complexity index is 235. The van der Waals surface area contributed by atoms with Gasteiger partial charge in [-0.05, 0) is 0 Å². The van der Waals surface area contributed by atoms with Crippen LogP contribution in [-0.2, 0) is 103 Å². The summed E-state index contributed by atoms with van der Waals surface area (Å²) >= 11 is 12.9. The van der Waals surface area contributed by atoms with Gasteiger partial charge in [-0.2, -0.15) is 0 Å². The van der Waals surface area contributed by atoms with E-state index in [4.69, 9.17) is 15.3 Å². The maximum atomic E-state index is 9.59. The Kier molecular flexibility index (Phi) is 42.0. The first-order valence-electron chi connectivity index (χ1n) is 4.59. The molecule has 0 saturated heterocycles. The van der Waals surface area contributed by atoms with Crippen LogP contribution >= 0.6 is 0 Å². The van der Waals surface area contributed by atoms with Crippen molar-refractivity contribution in [3.05, 3.63) is 0 Å². The summed E-state index contributed by atoms with van der Waals surface area (Å²) in [6, 6.07) is 0. The van der Waals surface area contributed by atoms with Crippen LogP contribution in [0.1, 0.15) is 20.8 Å². The van der Waals surface area contributed by atoms with Crippen LogP contribution in [0.2, 0.25) is 0 Å². The minimum absolute atomic E-state index is 0. The maximum absolute atomic E-state index is 9.59. The molecule has 0 aliphatic heterocycles. The Hall–Kier alpha value is 1.02. The molecule has 0 fully saturated rings. The van der Waals surface area contributed by atoms with Crippen molar-refractivity contribution in [2.24, 2.45) is 0 Å². The van der Waals surface area contributed by atoms with E-state index in [-0.39, 0.29) is 51.2 Å². The molecule has 0 amide bonds. The Balaban J connectivity index is -0.0000000375. The van der Waals surface area contributed by atoms with Crippen LogP contribution in [0.15, 0.2) is 0 Å². The summed E-state index contributed by atoms with van der Waals surface area (Å²) in [5, 5.41) is 21.7. The topological polar surface area (TPSA) is 112 Å². The second-order valence-corrected chi connectivity index (χ2v) is 5.06. The van der Waals surface area contributed by atoms with E-state index in [0.29, 0.717) is 0 Å². The van der Waals surface area contributed by atoms with Gasteiger partial charge in [0.05, 0.1) is 0 Å². The molecule has 0 spiro atoms. The van der Waals surface area contributed by atoms with Gasteiger partial charge in [0.25, 0.3) is 17.9 Å². The molecule has 3 atom stereocenters. The fraction of sp³-hybridized carbons (Fsp3) is 0.667. The summed E-state index contributed by atoms with van der Waals surface area (Å²) < 4.78 is 0. The third-order valence-electron chi connectivity index (χ3n) is 1.04. The van der Waals surface area contributed by atoms with Crippen LogP contribution in [0.25, 0.3) is 0 Å². The molecule has 0 aliphatic rings. The number of aliphatic carboxylic acids is 3. The average Bonchev–Trinajstić information content (AvgIpc) is 2.18. The van der Waals surface area contributed by atoms with Crippen molar-refractivity contribution in [1.82, 2.24) is 0 Å². The van der Waals surface area contributed by atoms with Crippen LogP contribution in [0, 0.1) is 0 Å². The minimum atomic E-state index is -0.926. The van der Waals surface area contributed by atoms with Gasteiger partial charge in [-0.3, -0.25) is 14.4 Å². The van der Waals surface area contributed by atoms with Gasteiger partial charge < -0.3 is 53.2 Å². The number of hydrogen-bond donors (Lipinski definition) is 3. The Morgan fingerprint density at radius 2 is 0.667 bits per heavy atom. The summed E-state index contributed by atoms with van der Waals surface area (Å²) in [4.78, 5) is 28.8. The van der Waals surface area contributed by atoms with E-state index >= 15 is 0 Å². The molecule has 0 aliphatic carbocycles. The van der Waals surface area contributed by atoms with Gasteiger partial charge in [0.15, 0.2) is 0 Å². The molecule has 0 bridgehead atoms. The van der Waals surface area contributed by atoms with E-state index in [1.54, 1.807) is 0 Å². The molecule has 0 radical (unpaired) electrons. The summed E-state index contributed by atoms with van der Waals surface area (Å²) in [6.07, 6.45) is 0. The van der Waals surface area contributed by atoms with Gasteiger partial charge in [0, 0.05) is 0 Å². The standard InChI is InChI=1S/3C3H6O2S.3Cu/c3*1-2(6)3(4)5;;;/h3*2,6H,1H3,(H,4,5);;;/q;;;3*+1/p-3. The Morgan fingerprint density at radius 3 is 0.667 bits per heavy atom. The zero-order valence-electron chi connectivity index (χ0n) is 10.9. The van der Waals surface area contributed by atoms with Crippen LogP contribution < -0.4 is 0 Å². The zero-order chi connectivity index (χ0) is 15.5. The third kappa shape index (κ3) is 44.9. The van der Waals surface area contributed by atoms with Crippen LogP contribution in [0.4, 0.5) is 0 Å². The SMILES string of the molecule is CC([S-])C(=O)O.CC([S-])C(=O)O.CC([S-])C(=O)O.[Cu+].[Cu+].[Cu+]. The smallest absolute Gasteiger partial charge is 0.778 e. The second-order valence-electron chi connectivity index (χ2n) is 2.94. The number of carboxylic acids is 3. The molecule has 21 heavy (non-hydrogen) atoms. The van der Waals surface area contributed by atoms with Gasteiger partial charge in [-0.25, -0.2) is 0 Å². The fourth-order valence-corrected chi connectivity index (χ4v) is 0. The number of carboxylic acid groups (broad SMARTS) is 3. The van der Waals surface area contributed by atoms with E-state index in [1.165, 1.54) is 20.8 Å². The van der Waals surface area contributed by atoms with Crippen molar-refractivity contribution < 1.29 is 80.9 Å². The summed E-state index contributed by atoms with van der Waals surface area (Å²) in [5.74, 6) is -2.78. The molecule has 0 aromatic carbocycles. The first-order chi connectivity index (χ1) is 7.93. The monoisotopic (exact) mass is 504 g/mol. The molecule has 6 nitrogen and oxygen atoms in total. The van der Waals surface area contributed by atoms with E-state index in [1.807, 2.05) is 0 Å². The van der Waals surface area contributed by atoms with Crippen molar-refractivity contribution in [3.63, 3.8) is 0 Å². The fourth-order valence-electron chi connectivity index (χ4n) is 0. The molecule has 0 saturated carbocycles. The van der Waals surface area contributed by atoms with Crippen LogP contribution in [0.3, 0.4) is 0 Å². The molecule has 138 valence electrons. The molecule has 3 unspecified atom stereocenters. The third-order valence-corrected chi connectivity index (χ3v) is 1.65. The van der Waals surface area contributed by atoms with Gasteiger partial charge in [0.2, 0.25) is 0 Å². The average molecular weight is 506 g/mol. The summed E-state index contributed by atoms with van der Waals surface area (Å²) in [6.45, 7) is 4.37. The van der Waals surface area contributed by atoms with Crippen LogP contribution in [-0.4, -0.2) is 49.0 Å². The number of carbonyl (C=O) groups is 3. The van der Waals surface area contributed by atoms with E-state index in [9.17, 15) is 14.4 Å². The van der Waals surface area contributed by atoms with Gasteiger partial charge in [0.1, 0.15) is 0 Å². The van der Waals surface area contributed by atoms with E-state index in [2.05, 4.69) is 37.9 Å². The molecule has 0 heterocycles. The minimum Gasteiger partial charge on any atom is -0.778 e. The summed E-state index contributed by atoms with van der Waals surface area (Å²) in [7, 11) is 0. The van der Waals surface area contributed by atoms with E-state index < -0.39 is 33.7 Å². The first kappa shape index (κ1) is 37.9. The quantitative estimate of drug-likeness (QED) is 0.361. The molecule has 0 rings (SSSR count). The van der Waals surface area contributed by atoms with Crippen molar-refractivity contribution in [1.29, 1.82) is 0 Å². The Labute approximate surface area is 172 Å². The van der Waals surface area contributed by atoms with Gasteiger partial charge in [-0.15, -0.1) is 0 Å². The van der Waals surface area contributed by atoms with Crippen molar-refractivity contribution in [2.45, 2.75) is 36.5 Å². The van der Waals surface area contributed by atoms with Crippen LogP contribution in [0.5, 0.6) is 0 Å². The zero-order valence-corrected chi connectivity index (χ0v) is 16.2. The first-order valence-corrected chi connectivity index (χ1v) is 6.00. The largest absolute Gasteiger partial charge is 1.00 e. The number of hydrogen-bond acceptors (Lipinski definition) is 6. The van der Waals surface area contributed by atoms with Crippen molar-refractivity contribution >= 4 is 55.8 Å². The molecule has 12 heteroatoms. The molecular formula is C9H15Cu3O6S3. The normalized spacial score (nSPS) is 11.7. The predicted molar refractivity (Wildman–Crippen MR) is 73.4 cm³/mol. The molecule has 0 aromatic heterocycles. The maximum Gasteiger partial charge on any atom is 1.00 e. The Morgan fingerprint density at radius 1 is 0.619 bits per heavy atom. The predicted octanol–water partition coefficient (Wildman–Crippen LogP) is 0.0117. The second kappa shape index (κ2) is 23.3. The molecular weight excluding hydrogens is 491 g/mol. The van der Waals surface area contributed by atoms with E-state index in [0.717, 1.165) is 0 Å². The van der Waals surface area contributed by atoms with Crippen molar-refractivity contribution in [3.8, 4) is 0 Å². The van der Waals surface area contributed by atoms with Gasteiger partial charge >= 0.3 is 51.2 Å². The molecule has 0 aromatic rings. The molecule has 3 N–H and O–H groups in total. The summed E-state index contributed by atoms with van der Waals surface area (Å²) in [5.41, 5.74) is 0. The van der Waals surface area contributed by atoms with Crippen molar-refractivity contribution in [2.75, 3.05) is 0 Å². The van der Waals surface area contributed by atoms with Gasteiger partial charge in [-0.1, -0.05) is 36.5 Å².